The number of amides is 1. The molecule has 0 radical (unpaired) electrons. The first-order valence-corrected chi connectivity index (χ1v) is 8.56. The zero-order valence-electron chi connectivity index (χ0n) is 14.8. The molecule has 0 unspecified atom stereocenters. The van der Waals surface area contributed by atoms with Crippen LogP contribution in [0.15, 0.2) is 48.5 Å². The maximum absolute atomic E-state index is 12.3. The van der Waals surface area contributed by atoms with E-state index < -0.39 is 18.0 Å². The average molecular weight is 365 g/mol. The maximum atomic E-state index is 12.3. The van der Waals surface area contributed by atoms with Gasteiger partial charge in [-0.1, -0.05) is 44.9 Å². The number of nitrogens with one attached hydrogen (secondary N) is 1. The molecule has 0 aliphatic heterocycles. The van der Waals surface area contributed by atoms with Crippen molar-refractivity contribution in [1.82, 2.24) is 0 Å². The third kappa shape index (κ3) is 6.10. The summed E-state index contributed by atoms with van der Waals surface area (Å²) in [6.45, 7) is 4.30. The van der Waals surface area contributed by atoms with Crippen molar-refractivity contribution in [2.75, 3.05) is 5.32 Å². The van der Waals surface area contributed by atoms with Gasteiger partial charge in [-0.3, -0.25) is 4.79 Å². The number of benzene rings is 2. The van der Waals surface area contributed by atoms with Crippen molar-refractivity contribution in [2.45, 2.75) is 39.5 Å². The molecule has 1 N–H and O–H groups in total. The number of hydrogen-bond donors (Lipinski definition) is 1. The van der Waals surface area contributed by atoms with Crippen molar-refractivity contribution in [1.29, 1.82) is 0 Å². The molecule has 0 aliphatic rings. The lowest BCUT2D eigenvalue weighted by Gasteiger charge is -2.13. The fourth-order valence-electron chi connectivity index (χ4n) is 2.72. The monoisotopic (exact) mass is 365 g/mol. The van der Waals surface area contributed by atoms with E-state index in [0.717, 1.165) is 37.0 Å². The number of alkyl halides is 3. The lowest BCUT2D eigenvalue weighted by molar-refractivity contribution is -0.274. The van der Waals surface area contributed by atoms with E-state index in [-0.39, 0.29) is 5.56 Å². The number of rotatable bonds is 7. The summed E-state index contributed by atoms with van der Waals surface area (Å²) < 4.78 is 40.8. The van der Waals surface area contributed by atoms with Gasteiger partial charge in [-0.05, 0) is 48.2 Å². The first kappa shape index (κ1) is 19.8. The van der Waals surface area contributed by atoms with Crippen LogP contribution in [0.5, 0.6) is 5.75 Å². The minimum atomic E-state index is -4.79. The second-order valence-corrected chi connectivity index (χ2v) is 6.12. The van der Waals surface area contributed by atoms with E-state index in [1.807, 2.05) is 18.2 Å². The highest BCUT2D eigenvalue weighted by Crippen LogP contribution is 2.24. The van der Waals surface area contributed by atoms with Crippen LogP contribution in [0.4, 0.5) is 18.9 Å². The second kappa shape index (κ2) is 8.74. The SMILES string of the molecule is CCC(CC)Cc1cccc(NC(=O)c2cccc(OC(F)(F)F)c2)c1. The van der Waals surface area contributed by atoms with E-state index in [9.17, 15) is 18.0 Å². The Hall–Kier alpha value is -2.50. The molecule has 6 heteroatoms. The zero-order chi connectivity index (χ0) is 19.2. The van der Waals surface area contributed by atoms with Gasteiger partial charge in [0.25, 0.3) is 5.91 Å². The number of hydrogen-bond acceptors (Lipinski definition) is 2. The quantitative estimate of drug-likeness (QED) is 0.672. The van der Waals surface area contributed by atoms with Gasteiger partial charge in [0.2, 0.25) is 0 Å². The summed E-state index contributed by atoms with van der Waals surface area (Å²) in [5.41, 5.74) is 1.82. The highest BCUT2D eigenvalue weighted by molar-refractivity contribution is 6.04. The predicted octanol–water partition coefficient (Wildman–Crippen LogP) is 5.82. The van der Waals surface area contributed by atoms with Crippen LogP contribution in [0.2, 0.25) is 0 Å². The summed E-state index contributed by atoms with van der Waals surface area (Å²) in [6, 6.07) is 12.5. The normalized spacial score (nSPS) is 11.5. The largest absolute Gasteiger partial charge is 0.573 e. The summed E-state index contributed by atoms with van der Waals surface area (Å²) >= 11 is 0. The smallest absolute Gasteiger partial charge is 0.406 e. The summed E-state index contributed by atoms with van der Waals surface area (Å²) in [5.74, 6) is -0.331. The Morgan fingerprint density at radius 1 is 1.08 bits per heavy atom. The third-order valence-corrected chi connectivity index (χ3v) is 4.19. The molecule has 2 rings (SSSR count). The lowest BCUT2D eigenvalue weighted by atomic mass is 9.94. The molecule has 3 nitrogen and oxygen atoms in total. The Balaban J connectivity index is 2.09. The molecule has 2 aromatic carbocycles. The minimum absolute atomic E-state index is 0.0946. The molecule has 140 valence electrons. The molecule has 0 saturated carbocycles. The van der Waals surface area contributed by atoms with Gasteiger partial charge < -0.3 is 10.1 Å². The molecule has 1 amide bonds. The van der Waals surface area contributed by atoms with Gasteiger partial charge in [0, 0.05) is 11.3 Å². The fourth-order valence-corrected chi connectivity index (χ4v) is 2.72. The fraction of sp³-hybridized carbons (Fsp3) is 0.350. The van der Waals surface area contributed by atoms with Crippen LogP contribution in [-0.4, -0.2) is 12.3 Å². The second-order valence-electron chi connectivity index (χ2n) is 6.12. The van der Waals surface area contributed by atoms with Gasteiger partial charge in [0.15, 0.2) is 0 Å². The molecule has 0 atom stereocenters. The van der Waals surface area contributed by atoms with E-state index in [0.29, 0.717) is 11.6 Å². The molecule has 2 aromatic rings. The van der Waals surface area contributed by atoms with E-state index >= 15 is 0 Å². The Labute approximate surface area is 151 Å². The Kier molecular flexibility index (Phi) is 6.66. The first-order chi connectivity index (χ1) is 12.3. The van der Waals surface area contributed by atoms with Gasteiger partial charge in [-0.2, -0.15) is 0 Å². The van der Waals surface area contributed by atoms with Gasteiger partial charge in [-0.15, -0.1) is 13.2 Å². The van der Waals surface area contributed by atoms with E-state index in [1.165, 1.54) is 12.1 Å². The predicted molar refractivity (Wildman–Crippen MR) is 95.3 cm³/mol. The zero-order valence-corrected chi connectivity index (χ0v) is 14.8. The topological polar surface area (TPSA) is 38.3 Å². The van der Waals surface area contributed by atoms with Gasteiger partial charge >= 0.3 is 6.36 Å². The highest BCUT2D eigenvalue weighted by Gasteiger charge is 2.31. The lowest BCUT2D eigenvalue weighted by Crippen LogP contribution is -2.18. The average Bonchev–Trinajstić information content (AvgIpc) is 2.58. The van der Waals surface area contributed by atoms with E-state index in [4.69, 9.17) is 0 Å². The van der Waals surface area contributed by atoms with Crippen molar-refractivity contribution < 1.29 is 22.7 Å². The van der Waals surface area contributed by atoms with Crippen molar-refractivity contribution in [3.05, 3.63) is 59.7 Å². The van der Waals surface area contributed by atoms with Crippen LogP contribution in [0.25, 0.3) is 0 Å². The van der Waals surface area contributed by atoms with Gasteiger partial charge in [-0.25, -0.2) is 0 Å². The molecule has 0 spiro atoms. The van der Waals surface area contributed by atoms with Crippen LogP contribution in [0.3, 0.4) is 0 Å². The van der Waals surface area contributed by atoms with E-state index in [2.05, 4.69) is 23.9 Å². The molecule has 0 aromatic heterocycles. The first-order valence-electron chi connectivity index (χ1n) is 8.56. The number of carbonyl (C=O) groups is 1. The van der Waals surface area contributed by atoms with Crippen LogP contribution < -0.4 is 10.1 Å². The molecule has 26 heavy (non-hydrogen) atoms. The highest BCUT2D eigenvalue weighted by atomic mass is 19.4. The summed E-state index contributed by atoms with van der Waals surface area (Å²) in [6.07, 6.45) is -1.71. The third-order valence-electron chi connectivity index (χ3n) is 4.19. The van der Waals surface area contributed by atoms with Crippen LogP contribution in [0.1, 0.15) is 42.6 Å². The standard InChI is InChI=1S/C20H22F3NO2/c1-3-14(4-2)11-15-7-5-9-17(12-15)24-19(25)16-8-6-10-18(13-16)26-20(21,22)23/h5-10,12-14H,3-4,11H2,1-2H3,(H,24,25). The molecule has 0 saturated heterocycles. The molecule has 0 heterocycles. The summed E-state index contributed by atoms with van der Waals surface area (Å²) in [5, 5.41) is 2.72. The molecular weight excluding hydrogens is 343 g/mol. The number of halogens is 3. The van der Waals surface area contributed by atoms with Crippen molar-refractivity contribution >= 4 is 11.6 Å². The Morgan fingerprint density at radius 2 is 1.77 bits per heavy atom. The number of ether oxygens (including phenoxy) is 1. The minimum Gasteiger partial charge on any atom is -0.406 e. The number of anilines is 1. The molecule has 0 bridgehead atoms. The summed E-state index contributed by atoms with van der Waals surface area (Å²) in [7, 11) is 0. The Morgan fingerprint density at radius 3 is 2.42 bits per heavy atom. The maximum Gasteiger partial charge on any atom is 0.573 e. The molecule has 0 aliphatic carbocycles. The van der Waals surface area contributed by atoms with Crippen LogP contribution >= 0.6 is 0 Å². The van der Waals surface area contributed by atoms with Crippen LogP contribution in [-0.2, 0) is 6.42 Å². The summed E-state index contributed by atoms with van der Waals surface area (Å²) in [4.78, 5) is 12.3. The van der Waals surface area contributed by atoms with Crippen LogP contribution in [0, 0.1) is 5.92 Å². The van der Waals surface area contributed by atoms with Crippen molar-refractivity contribution in [3.63, 3.8) is 0 Å². The molecular formula is C20H22F3NO2. The number of carbonyl (C=O) groups excluding carboxylic acids is 1. The van der Waals surface area contributed by atoms with Gasteiger partial charge in [0.1, 0.15) is 5.75 Å². The molecule has 0 fully saturated rings. The van der Waals surface area contributed by atoms with E-state index in [1.54, 1.807) is 6.07 Å². The van der Waals surface area contributed by atoms with Crippen molar-refractivity contribution in [2.24, 2.45) is 5.92 Å². The van der Waals surface area contributed by atoms with Gasteiger partial charge in [0.05, 0.1) is 0 Å². The van der Waals surface area contributed by atoms with Crippen molar-refractivity contribution in [3.8, 4) is 5.75 Å². The Bertz CT molecular complexity index is 740.